The Morgan fingerprint density at radius 1 is 1.67 bits per heavy atom. The zero-order chi connectivity index (χ0) is 4.99. The molecule has 6 heavy (non-hydrogen) atoms. The Hall–Kier alpha value is 0.759. The molecular formula is C4H10OSn. The Morgan fingerprint density at radius 2 is 2.17 bits per heavy atom. The van der Waals surface area contributed by atoms with E-state index in [9.17, 15) is 0 Å². The van der Waals surface area contributed by atoms with Gasteiger partial charge in [-0.15, -0.1) is 0 Å². The van der Waals surface area contributed by atoms with Gasteiger partial charge >= 0.3 is 52.4 Å². The molecule has 0 spiro atoms. The van der Waals surface area contributed by atoms with Crippen molar-refractivity contribution in [2.24, 2.45) is 5.92 Å². The topological polar surface area (TPSA) is 9.23 Å². The van der Waals surface area contributed by atoms with Gasteiger partial charge in [0.15, 0.2) is 0 Å². The van der Waals surface area contributed by atoms with Crippen LogP contribution >= 0.6 is 0 Å². The second kappa shape index (κ2) is 3.93. The summed E-state index contributed by atoms with van der Waals surface area (Å²) in [6.07, 6.45) is 0. The minimum atomic E-state index is 0.708. The van der Waals surface area contributed by atoms with Crippen molar-refractivity contribution in [3.8, 4) is 0 Å². The van der Waals surface area contributed by atoms with Crippen molar-refractivity contribution < 1.29 is 3.07 Å². The van der Waals surface area contributed by atoms with Crippen LogP contribution in [0, 0.1) is 5.92 Å². The summed E-state index contributed by atoms with van der Waals surface area (Å²) < 4.78 is 4.93. The van der Waals surface area contributed by atoms with Crippen LogP contribution in [-0.4, -0.2) is 29.5 Å². The predicted octanol–water partition coefficient (Wildman–Crippen LogP) is 0.475. The molecule has 0 unspecified atom stereocenters. The van der Waals surface area contributed by atoms with Gasteiger partial charge in [-0.05, 0) is 0 Å². The molecule has 0 saturated heterocycles. The molecule has 0 amide bonds. The van der Waals surface area contributed by atoms with Crippen LogP contribution in [0.5, 0.6) is 0 Å². The first-order valence-corrected chi connectivity index (χ1v) is 3.43. The molecule has 0 aliphatic carbocycles. The molecule has 0 aliphatic rings. The fraction of sp³-hybridized carbons (Fsp3) is 1.00. The van der Waals surface area contributed by atoms with Crippen LogP contribution < -0.4 is 0 Å². The third kappa shape index (κ3) is 4.76. The van der Waals surface area contributed by atoms with Crippen molar-refractivity contribution in [2.75, 3.05) is 6.61 Å². The van der Waals surface area contributed by atoms with Crippen LogP contribution in [0.2, 0.25) is 0 Å². The molecule has 0 atom stereocenters. The maximum absolute atomic E-state index is 4.93. The van der Waals surface area contributed by atoms with Gasteiger partial charge in [-0.25, -0.2) is 0 Å². The average molecular weight is 193 g/mol. The van der Waals surface area contributed by atoms with E-state index in [1.807, 2.05) is 0 Å². The molecular weight excluding hydrogens is 183 g/mol. The minimum absolute atomic E-state index is 0.708. The molecule has 0 bridgehead atoms. The van der Waals surface area contributed by atoms with Crippen LogP contribution in [0.25, 0.3) is 0 Å². The van der Waals surface area contributed by atoms with Crippen LogP contribution in [0.4, 0.5) is 0 Å². The predicted molar refractivity (Wildman–Crippen MR) is 27.9 cm³/mol. The van der Waals surface area contributed by atoms with Crippen LogP contribution in [0.15, 0.2) is 0 Å². The first-order chi connectivity index (χ1) is 2.77. The van der Waals surface area contributed by atoms with Crippen LogP contribution in [0.1, 0.15) is 13.8 Å². The summed E-state index contributed by atoms with van der Waals surface area (Å²) in [6, 6.07) is 0. The molecule has 36 valence electrons. The first-order valence-electron chi connectivity index (χ1n) is 2.09. The molecule has 0 fully saturated rings. The molecule has 0 aromatic heterocycles. The molecule has 0 rings (SSSR count). The van der Waals surface area contributed by atoms with Crippen molar-refractivity contribution >= 4 is 22.9 Å². The van der Waals surface area contributed by atoms with E-state index >= 15 is 0 Å². The quantitative estimate of drug-likeness (QED) is 0.579. The summed E-state index contributed by atoms with van der Waals surface area (Å²) in [5, 5.41) is 0. The van der Waals surface area contributed by atoms with E-state index in [2.05, 4.69) is 13.8 Å². The molecule has 1 nitrogen and oxygen atoms in total. The van der Waals surface area contributed by atoms with Gasteiger partial charge in [-0.1, -0.05) is 0 Å². The van der Waals surface area contributed by atoms with Gasteiger partial charge in [-0.2, -0.15) is 0 Å². The Morgan fingerprint density at radius 3 is 2.17 bits per heavy atom. The van der Waals surface area contributed by atoms with E-state index in [4.69, 9.17) is 3.07 Å². The van der Waals surface area contributed by atoms with Gasteiger partial charge in [0.1, 0.15) is 0 Å². The molecule has 0 N–H and O–H groups in total. The maximum atomic E-state index is 4.93. The second-order valence-electron chi connectivity index (χ2n) is 1.73. The van der Waals surface area contributed by atoms with E-state index in [1.54, 1.807) is 0 Å². The zero-order valence-electron chi connectivity index (χ0n) is 4.27. The van der Waals surface area contributed by atoms with E-state index in [1.165, 1.54) is 0 Å². The van der Waals surface area contributed by atoms with Gasteiger partial charge in [0.05, 0.1) is 0 Å². The third-order valence-corrected chi connectivity index (χ3v) is 0.979. The molecule has 0 aromatic rings. The van der Waals surface area contributed by atoms with Crippen molar-refractivity contribution in [1.82, 2.24) is 0 Å². The van der Waals surface area contributed by atoms with Crippen LogP contribution in [0.3, 0.4) is 0 Å². The van der Waals surface area contributed by atoms with Gasteiger partial charge < -0.3 is 0 Å². The van der Waals surface area contributed by atoms with Gasteiger partial charge in [0.25, 0.3) is 0 Å². The summed E-state index contributed by atoms with van der Waals surface area (Å²) in [5.41, 5.74) is 0. The molecule has 0 saturated carbocycles. The Bertz CT molecular complexity index is 28.7. The Labute approximate surface area is 52.7 Å². The first kappa shape index (κ1) is 6.76. The Kier molecular flexibility index (Phi) is 4.43. The molecule has 0 heterocycles. The molecule has 0 aromatic carbocycles. The summed E-state index contributed by atoms with van der Waals surface area (Å²) in [4.78, 5) is 0. The van der Waals surface area contributed by atoms with E-state index in [0.717, 1.165) is 29.5 Å². The van der Waals surface area contributed by atoms with Crippen molar-refractivity contribution in [1.29, 1.82) is 0 Å². The zero-order valence-corrected chi connectivity index (χ0v) is 7.57. The second-order valence-corrected chi connectivity index (χ2v) is 2.68. The summed E-state index contributed by atoms with van der Waals surface area (Å²) >= 11 is 0.940. The van der Waals surface area contributed by atoms with Crippen molar-refractivity contribution in [2.45, 2.75) is 13.8 Å². The third-order valence-electron chi connectivity index (χ3n) is 0.430. The van der Waals surface area contributed by atoms with Crippen LogP contribution in [-0.2, 0) is 3.07 Å². The monoisotopic (exact) mass is 194 g/mol. The molecule has 0 aliphatic heterocycles. The number of hydrogen-bond acceptors (Lipinski definition) is 1. The van der Waals surface area contributed by atoms with E-state index in [-0.39, 0.29) is 0 Å². The van der Waals surface area contributed by atoms with E-state index in [0.29, 0.717) is 5.92 Å². The van der Waals surface area contributed by atoms with E-state index < -0.39 is 0 Å². The summed E-state index contributed by atoms with van der Waals surface area (Å²) in [6.45, 7) is 5.23. The van der Waals surface area contributed by atoms with Crippen molar-refractivity contribution in [3.05, 3.63) is 0 Å². The number of rotatable bonds is 2. The molecule has 2 heteroatoms. The summed E-state index contributed by atoms with van der Waals surface area (Å²) in [5.74, 6) is 0.708. The fourth-order valence-electron chi connectivity index (χ4n) is 0.192. The standard InChI is InChI=1S/C4H9O.Sn.H/c1-4(2)3-5;;/h4H,3H2,1-2H3;;/q-1;+1;. The van der Waals surface area contributed by atoms with Gasteiger partial charge in [0, 0.05) is 0 Å². The average Bonchev–Trinajstić information content (AvgIpc) is 1.35. The number of hydrogen-bond donors (Lipinski definition) is 0. The SMILES string of the molecule is CC(C)C[O][SnH]. The normalized spacial score (nSPS) is 10.0. The van der Waals surface area contributed by atoms with Gasteiger partial charge in [-0.3, -0.25) is 0 Å². The van der Waals surface area contributed by atoms with Crippen molar-refractivity contribution in [3.63, 3.8) is 0 Å². The fourth-order valence-corrected chi connectivity index (χ4v) is 1.29. The van der Waals surface area contributed by atoms with Gasteiger partial charge in [0.2, 0.25) is 0 Å². The summed E-state index contributed by atoms with van der Waals surface area (Å²) in [7, 11) is 0. The Balaban J connectivity index is 2.63. The molecule has 2 radical (unpaired) electrons.